The lowest BCUT2D eigenvalue weighted by Crippen LogP contribution is -2.32. The number of halogens is 1. The second-order valence-electron chi connectivity index (χ2n) is 3.71. The van der Waals surface area contributed by atoms with Crippen LogP contribution in [0, 0.1) is 5.92 Å². The molecule has 0 aliphatic heterocycles. The van der Waals surface area contributed by atoms with E-state index in [2.05, 4.69) is 0 Å². The van der Waals surface area contributed by atoms with Crippen LogP contribution in [-0.2, 0) is 4.79 Å². The monoisotopic (exact) mass is 218 g/mol. The fourth-order valence-corrected chi connectivity index (χ4v) is 1.64. The van der Waals surface area contributed by atoms with Gasteiger partial charge in [-0.05, 0) is 17.2 Å². The summed E-state index contributed by atoms with van der Waals surface area (Å²) >= 11 is 0. The quantitative estimate of drug-likeness (QED) is 0.772. The topological polar surface area (TPSA) is 37.3 Å². The summed E-state index contributed by atoms with van der Waals surface area (Å²) < 4.78 is 13.4. The van der Waals surface area contributed by atoms with Crippen molar-refractivity contribution >= 4 is 11.9 Å². The second-order valence-corrected chi connectivity index (χ2v) is 3.71. The highest BCUT2D eigenvalue weighted by atomic mass is 19.2. The molecule has 0 saturated carbocycles. The summed E-state index contributed by atoms with van der Waals surface area (Å²) in [6.45, 7) is 0. The van der Waals surface area contributed by atoms with Gasteiger partial charge in [0.15, 0.2) is 0 Å². The van der Waals surface area contributed by atoms with E-state index in [9.17, 15) is 14.3 Å². The summed E-state index contributed by atoms with van der Waals surface area (Å²) in [5, 5.41) is 9.27. The van der Waals surface area contributed by atoms with E-state index in [1.165, 1.54) is 12.2 Å². The first-order valence-corrected chi connectivity index (χ1v) is 4.96. The number of carbonyl (C=O) groups is 1. The maximum atomic E-state index is 13.4. The van der Waals surface area contributed by atoms with E-state index in [1.807, 2.05) is 30.3 Å². The summed E-state index contributed by atoms with van der Waals surface area (Å²) in [4.78, 5) is 10.7. The van der Waals surface area contributed by atoms with E-state index < -0.39 is 11.8 Å². The van der Waals surface area contributed by atoms with E-state index in [0.717, 1.165) is 17.2 Å². The largest absolute Gasteiger partial charge is 0.358 e. The minimum absolute atomic E-state index is 0.409. The fraction of sp³-hybridized carbons (Fsp3) is 0.154. The normalized spacial score (nSPS) is 28.6. The SMILES string of the molecule is O=CC1C=C(c2ccccc2)C=CC1(O)F. The minimum Gasteiger partial charge on any atom is -0.358 e. The predicted octanol–water partition coefficient (Wildman–Crippen LogP) is 2.11. The Kier molecular flexibility index (Phi) is 2.71. The Hall–Kier alpha value is -1.74. The second kappa shape index (κ2) is 4.02. The van der Waals surface area contributed by atoms with Gasteiger partial charge < -0.3 is 9.90 Å². The molecule has 2 nitrogen and oxygen atoms in total. The number of carbonyl (C=O) groups excluding carboxylic acids is 1. The van der Waals surface area contributed by atoms with Gasteiger partial charge in [0.25, 0.3) is 0 Å². The smallest absolute Gasteiger partial charge is 0.239 e. The molecule has 0 aromatic heterocycles. The fourth-order valence-electron chi connectivity index (χ4n) is 1.64. The van der Waals surface area contributed by atoms with Gasteiger partial charge in [-0.25, -0.2) is 4.39 Å². The molecular weight excluding hydrogens is 207 g/mol. The molecule has 1 aromatic rings. The van der Waals surface area contributed by atoms with E-state index >= 15 is 0 Å². The van der Waals surface area contributed by atoms with Gasteiger partial charge in [0.2, 0.25) is 5.85 Å². The van der Waals surface area contributed by atoms with Crippen LogP contribution in [0.1, 0.15) is 5.56 Å². The summed E-state index contributed by atoms with van der Waals surface area (Å²) in [5.74, 6) is -3.72. The lowest BCUT2D eigenvalue weighted by Gasteiger charge is -2.23. The summed E-state index contributed by atoms with van der Waals surface area (Å²) in [6.07, 6.45) is 4.33. The minimum atomic E-state index is -2.57. The van der Waals surface area contributed by atoms with Gasteiger partial charge in [0.1, 0.15) is 6.29 Å². The number of hydrogen-bond acceptors (Lipinski definition) is 2. The van der Waals surface area contributed by atoms with Gasteiger partial charge in [-0.3, -0.25) is 0 Å². The first kappa shape index (κ1) is 10.8. The van der Waals surface area contributed by atoms with Gasteiger partial charge in [-0.1, -0.05) is 42.5 Å². The Labute approximate surface area is 92.7 Å². The molecule has 0 radical (unpaired) electrons. The molecule has 0 spiro atoms. The zero-order valence-corrected chi connectivity index (χ0v) is 8.51. The van der Waals surface area contributed by atoms with E-state index in [-0.39, 0.29) is 0 Å². The third kappa shape index (κ3) is 1.95. The molecule has 1 aliphatic carbocycles. The molecule has 82 valence electrons. The van der Waals surface area contributed by atoms with Crippen LogP contribution < -0.4 is 0 Å². The van der Waals surface area contributed by atoms with E-state index in [1.54, 1.807) is 0 Å². The average molecular weight is 218 g/mol. The molecule has 0 heterocycles. The van der Waals surface area contributed by atoms with Crippen LogP contribution in [0.3, 0.4) is 0 Å². The van der Waals surface area contributed by atoms with Crippen LogP contribution in [-0.4, -0.2) is 17.2 Å². The van der Waals surface area contributed by atoms with E-state index in [0.29, 0.717) is 6.29 Å². The number of aliphatic hydroxyl groups is 1. The molecule has 2 rings (SSSR count). The van der Waals surface area contributed by atoms with Crippen molar-refractivity contribution in [1.82, 2.24) is 0 Å². The summed E-state index contributed by atoms with van der Waals surface area (Å²) in [5.41, 5.74) is 1.63. The number of benzene rings is 1. The van der Waals surface area contributed by atoms with Crippen LogP contribution in [0.25, 0.3) is 5.57 Å². The molecule has 2 atom stereocenters. The maximum Gasteiger partial charge on any atom is 0.239 e. The Morgan fingerprint density at radius 1 is 1.31 bits per heavy atom. The molecule has 1 N–H and O–H groups in total. The van der Waals surface area contributed by atoms with Crippen LogP contribution in [0.2, 0.25) is 0 Å². The van der Waals surface area contributed by atoms with Crippen molar-refractivity contribution in [3.63, 3.8) is 0 Å². The predicted molar refractivity (Wildman–Crippen MR) is 59.2 cm³/mol. The lowest BCUT2D eigenvalue weighted by atomic mass is 9.90. The highest BCUT2D eigenvalue weighted by molar-refractivity contribution is 5.79. The van der Waals surface area contributed by atoms with Crippen LogP contribution >= 0.6 is 0 Å². The van der Waals surface area contributed by atoms with Crippen molar-refractivity contribution < 1.29 is 14.3 Å². The first-order valence-electron chi connectivity index (χ1n) is 4.96. The molecule has 0 fully saturated rings. The van der Waals surface area contributed by atoms with Crippen LogP contribution in [0.4, 0.5) is 4.39 Å². The third-order valence-corrected chi connectivity index (χ3v) is 2.58. The highest BCUT2D eigenvalue weighted by Crippen LogP contribution is 2.31. The maximum absolute atomic E-state index is 13.4. The Morgan fingerprint density at radius 3 is 2.62 bits per heavy atom. The van der Waals surface area contributed by atoms with Crippen molar-refractivity contribution in [2.75, 3.05) is 0 Å². The van der Waals surface area contributed by atoms with Crippen LogP contribution in [0.15, 0.2) is 48.6 Å². The standard InChI is InChI=1S/C13H11FO2/c14-13(16)7-6-11(8-12(13)9-15)10-4-2-1-3-5-10/h1-9,12,16H. The number of aldehydes is 1. The highest BCUT2D eigenvalue weighted by Gasteiger charge is 2.35. The number of allylic oxidation sites excluding steroid dienone is 2. The van der Waals surface area contributed by atoms with Gasteiger partial charge in [-0.15, -0.1) is 0 Å². The third-order valence-electron chi connectivity index (χ3n) is 2.58. The van der Waals surface area contributed by atoms with Crippen molar-refractivity contribution in [2.24, 2.45) is 5.92 Å². The Morgan fingerprint density at radius 2 is 2.00 bits per heavy atom. The first-order chi connectivity index (χ1) is 7.63. The molecule has 1 aliphatic rings. The lowest BCUT2D eigenvalue weighted by molar-refractivity contribution is -0.125. The Bertz CT molecular complexity index is 446. The molecule has 0 saturated heterocycles. The summed E-state index contributed by atoms with van der Waals surface area (Å²) in [6, 6.07) is 9.31. The number of hydrogen-bond donors (Lipinski definition) is 1. The summed E-state index contributed by atoms with van der Waals surface area (Å²) in [7, 11) is 0. The molecule has 1 aromatic carbocycles. The molecule has 2 unspecified atom stereocenters. The number of alkyl halides is 1. The van der Waals surface area contributed by atoms with E-state index in [4.69, 9.17) is 0 Å². The van der Waals surface area contributed by atoms with Gasteiger partial charge >= 0.3 is 0 Å². The Balaban J connectivity index is 2.36. The van der Waals surface area contributed by atoms with Gasteiger partial charge in [0, 0.05) is 0 Å². The zero-order valence-electron chi connectivity index (χ0n) is 8.51. The van der Waals surface area contributed by atoms with Crippen LogP contribution in [0.5, 0.6) is 0 Å². The van der Waals surface area contributed by atoms with Gasteiger partial charge in [0.05, 0.1) is 5.92 Å². The van der Waals surface area contributed by atoms with Gasteiger partial charge in [-0.2, -0.15) is 0 Å². The molecule has 0 amide bonds. The van der Waals surface area contributed by atoms with Crippen molar-refractivity contribution in [3.05, 3.63) is 54.1 Å². The average Bonchev–Trinajstić information content (AvgIpc) is 2.30. The molecular formula is C13H11FO2. The van der Waals surface area contributed by atoms with Crippen molar-refractivity contribution in [2.45, 2.75) is 5.85 Å². The zero-order chi connectivity index (χ0) is 11.6. The molecule has 16 heavy (non-hydrogen) atoms. The molecule has 0 bridgehead atoms. The molecule has 3 heteroatoms. The van der Waals surface area contributed by atoms with Crippen molar-refractivity contribution in [3.8, 4) is 0 Å². The number of rotatable bonds is 2. The van der Waals surface area contributed by atoms with Crippen molar-refractivity contribution in [1.29, 1.82) is 0 Å².